The van der Waals surface area contributed by atoms with E-state index in [1.165, 1.54) is 12.1 Å². The molecule has 1 fully saturated rings. The first-order valence-electron chi connectivity index (χ1n) is 8.16. The van der Waals surface area contributed by atoms with Crippen LogP contribution in [0.15, 0.2) is 36.4 Å². The molecule has 0 saturated carbocycles. The van der Waals surface area contributed by atoms with Crippen molar-refractivity contribution in [3.05, 3.63) is 59.7 Å². The van der Waals surface area contributed by atoms with Crippen LogP contribution in [0.3, 0.4) is 0 Å². The van der Waals surface area contributed by atoms with Crippen molar-refractivity contribution in [3.63, 3.8) is 0 Å². The van der Waals surface area contributed by atoms with Crippen LogP contribution >= 0.6 is 0 Å². The Bertz CT molecular complexity index is 693. The van der Waals surface area contributed by atoms with Crippen molar-refractivity contribution < 1.29 is 13.5 Å². The highest BCUT2D eigenvalue weighted by molar-refractivity contribution is 5.43. The molecule has 0 aromatic heterocycles. The van der Waals surface area contributed by atoms with Crippen molar-refractivity contribution in [2.24, 2.45) is 5.92 Å². The van der Waals surface area contributed by atoms with Gasteiger partial charge in [-0.1, -0.05) is 12.1 Å². The van der Waals surface area contributed by atoms with E-state index in [0.29, 0.717) is 17.4 Å². The lowest BCUT2D eigenvalue weighted by atomic mass is 9.91. The molecular formula is C19H21F2N2O. The average Bonchev–Trinajstić information content (AvgIpc) is 2.58. The predicted molar refractivity (Wildman–Crippen MR) is 89.8 cm³/mol. The molecule has 3 nitrogen and oxygen atoms in total. The van der Waals surface area contributed by atoms with E-state index in [4.69, 9.17) is 4.74 Å². The minimum atomic E-state index is -0.383. The normalized spacial score (nSPS) is 18.4. The molecule has 1 saturated heterocycles. The van der Waals surface area contributed by atoms with E-state index in [2.05, 4.69) is 11.5 Å². The van der Waals surface area contributed by atoms with Crippen LogP contribution in [0.25, 0.3) is 0 Å². The molecule has 0 amide bonds. The summed E-state index contributed by atoms with van der Waals surface area (Å²) in [7, 11) is 1.60. The van der Waals surface area contributed by atoms with Gasteiger partial charge in [0.1, 0.15) is 11.6 Å². The molecule has 1 radical (unpaired) electrons. The second-order valence-electron chi connectivity index (χ2n) is 6.12. The van der Waals surface area contributed by atoms with Gasteiger partial charge in [-0.25, -0.2) is 13.8 Å². The number of hydrogen-bond acceptors (Lipinski definition) is 3. The highest BCUT2D eigenvalue weighted by Gasteiger charge is 2.22. The topological polar surface area (TPSA) is 24.5 Å². The molecule has 1 heterocycles. The van der Waals surface area contributed by atoms with Gasteiger partial charge in [0.15, 0.2) is 5.82 Å². The lowest BCUT2D eigenvalue weighted by Gasteiger charge is -2.33. The Morgan fingerprint density at radius 1 is 1.33 bits per heavy atom. The van der Waals surface area contributed by atoms with Crippen molar-refractivity contribution in [2.45, 2.75) is 19.3 Å². The highest BCUT2D eigenvalue weighted by Crippen LogP contribution is 2.27. The van der Waals surface area contributed by atoms with Crippen LogP contribution < -0.4 is 10.2 Å². The van der Waals surface area contributed by atoms with Gasteiger partial charge in [0.05, 0.1) is 12.8 Å². The molecule has 1 aliphatic heterocycles. The summed E-state index contributed by atoms with van der Waals surface area (Å²) in [5, 5.41) is 2.02. The monoisotopic (exact) mass is 331 g/mol. The third-order valence-electron chi connectivity index (χ3n) is 4.35. The Morgan fingerprint density at radius 3 is 3.00 bits per heavy atom. The van der Waals surface area contributed by atoms with Crippen LogP contribution in [0.5, 0.6) is 5.75 Å². The first kappa shape index (κ1) is 16.7. The van der Waals surface area contributed by atoms with Gasteiger partial charge in [0.2, 0.25) is 0 Å². The van der Waals surface area contributed by atoms with Crippen molar-refractivity contribution >= 4 is 5.69 Å². The second kappa shape index (κ2) is 7.62. The van der Waals surface area contributed by atoms with Gasteiger partial charge in [0, 0.05) is 19.2 Å². The van der Waals surface area contributed by atoms with E-state index < -0.39 is 0 Å². The van der Waals surface area contributed by atoms with E-state index in [1.807, 2.05) is 5.01 Å². The van der Waals surface area contributed by atoms with Crippen molar-refractivity contribution in [1.82, 2.24) is 5.01 Å². The fraction of sp³-hybridized carbons (Fsp3) is 0.368. The van der Waals surface area contributed by atoms with Crippen LogP contribution in [0.1, 0.15) is 18.4 Å². The van der Waals surface area contributed by atoms with Crippen molar-refractivity contribution in [1.29, 1.82) is 0 Å². The third-order valence-corrected chi connectivity index (χ3v) is 4.35. The van der Waals surface area contributed by atoms with Gasteiger partial charge in [-0.2, -0.15) is 0 Å². The molecule has 1 atom stereocenters. The number of benzene rings is 2. The van der Waals surface area contributed by atoms with Crippen LogP contribution in [0, 0.1) is 23.6 Å². The number of piperidine rings is 1. The molecule has 24 heavy (non-hydrogen) atoms. The first-order chi connectivity index (χ1) is 11.7. The smallest absolute Gasteiger partial charge is 0.155 e. The Kier molecular flexibility index (Phi) is 5.30. The molecule has 0 aliphatic carbocycles. The minimum Gasteiger partial charge on any atom is -0.496 e. The van der Waals surface area contributed by atoms with Crippen LogP contribution in [-0.4, -0.2) is 25.2 Å². The Balaban J connectivity index is 1.66. The molecule has 127 valence electrons. The molecule has 2 aromatic carbocycles. The lowest BCUT2D eigenvalue weighted by molar-refractivity contribution is 0.205. The number of nitrogens with zero attached hydrogens (tertiary/aromatic N) is 1. The van der Waals surface area contributed by atoms with Gasteiger partial charge in [-0.3, -0.25) is 0 Å². The summed E-state index contributed by atoms with van der Waals surface area (Å²) in [6, 6.07) is 12.2. The van der Waals surface area contributed by atoms with Gasteiger partial charge >= 0.3 is 0 Å². The first-order valence-corrected chi connectivity index (χ1v) is 8.16. The summed E-state index contributed by atoms with van der Waals surface area (Å²) in [5.41, 5.74) is 4.44. The number of methoxy groups -OCH3 is 1. The summed E-state index contributed by atoms with van der Waals surface area (Å²) < 4.78 is 32.6. The molecule has 1 N–H and O–H groups in total. The summed E-state index contributed by atoms with van der Waals surface area (Å²) in [6.45, 7) is 1.62. The SMILES string of the molecule is COc1ccc(F)cc1CC1CCCN(Nc2ccc[c]c2F)C1. The maximum Gasteiger partial charge on any atom is 0.155 e. The number of halogens is 2. The summed E-state index contributed by atoms with van der Waals surface area (Å²) in [4.78, 5) is 0. The quantitative estimate of drug-likeness (QED) is 0.894. The van der Waals surface area contributed by atoms with Gasteiger partial charge in [-0.05, 0) is 55.0 Å². The number of anilines is 1. The van der Waals surface area contributed by atoms with Crippen molar-refractivity contribution in [2.75, 3.05) is 25.6 Å². The molecule has 3 rings (SSSR count). The largest absolute Gasteiger partial charge is 0.496 e. The summed E-state index contributed by atoms with van der Waals surface area (Å²) >= 11 is 0. The minimum absolute atomic E-state index is 0.251. The zero-order valence-corrected chi connectivity index (χ0v) is 13.7. The molecule has 1 unspecified atom stereocenters. The second-order valence-corrected chi connectivity index (χ2v) is 6.12. The number of hydrazine groups is 1. The molecule has 2 aromatic rings. The number of nitrogens with one attached hydrogen (secondary N) is 1. The molecule has 1 aliphatic rings. The maximum atomic E-state index is 13.7. The Labute approximate surface area is 141 Å². The number of rotatable bonds is 5. The third kappa shape index (κ3) is 4.03. The maximum absolute atomic E-state index is 13.7. The van der Waals surface area contributed by atoms with E-state index in [0.717, 1.165) is 37.9 Å². The van der Waals surface area contributed by atoms with Crippen LogP contribution in [0.2, 0.25) is 0 Å². The number of hydrogen-bond donors (Lipinski definition) is 1. The predicted octanol–water partition coefficient (Wildman–Crippen LogP) is 4.06. The highest BCUT2D eigenvalue weighted by atomic mass is 19.1. The Hall–Kier alpha value is -2.14. The lowest BCUT2D eigenvalue weighted by Crippen LogP contribution is -2.40. The molecule has 0 spiro atoms. The average molecular weight is 331 g/mol. The van der Waals surface area contributed by atoms with E-state index in [-0.39, 0.29) is 11.6 Å². The summed E-state index contributed by atoms with van der Waals surface area (Å²) in [5.74, 6) is 0.438. The fourth-order valence-electron chi connectivity index (χ4n) is 3.22. The number of ether oxygens (including phenoxy) is 1. The zero-order valence-electron chi connectivity index (χ0n) is 13.7. The van der Waals surface area contributed by atoms with E-state index in [9.17, 15) is 8.78 Å². The zero-order chi connectivity index (χ0) is 16.9. The van der Waals surface area contributed by atoms with E-state index in [1.54, 1.807) is 31.4 Å². The molecule has 0 bridgehead atoms. The van der Waals surface area contributed by atoms with E-state index >= 15 is 0 Å². The van der Waals surface area contributed by atoms with Crippen LogP contribution in [0.4, 0.5) is 14.5 Å². The van der Waals surface area contributed by atoms with Gasteiger partial charge < -0.3 is 10.2 Å². The van der Waals surface area contributed by atoms with Gasteiger partial charge in [-0.15, -0.1) is 0 Å². The standard InChI is InChI=1S/C19H21F2N2O/c1-24-19-9-8-16(20)12-15(19)11-14-5-4-10-23(13-14)22-18-7-3-2-6-17(18)21/h2-3,7-9,12,14,22H,4-5,10-11,13H2,1H3. The molecular weight excluding hydrogens is 310 g/mol. The van der Waals surface area contributed by atoms with Crippen molar-refractivity contribution in [3.8, 4) is 5.75 Å². The summed E-state index contributed by atoms with van der Waals surface area (Å²) in [6.07, 6.45) is 2.80. The Morgan fingerprint density at radius 2 is 2.21 bits per heavy atom. The fourth-order valence-corrected chi connectivity index (χ4v) is 3.22. The van der Waals surface area contributed by atoms with Gasteiger partial charge in [0.25, 0.3) is 0 Å². The van der Waals surface area contributed by atoms with Crippen LogP contribution in [-0.2, 0) is 6.42 Å². The molecule has 5 heteroatoms.